The number of Topliss-reactive ketones (excluding diaryl/α,β-unsaturated/α-hetero) is 1. The average molecular weight is 219 g/mol. The van der Waals surface area contributed by atoms with Crippen molar-refractivity contribution in [2.24, 2.45) is 0 Å². The van der Waals surface area contributed by atoms with Gasteiger partial charge >= 0.3 is 0 Å². The van der Waals surface area contributed by atoms with Crippen molar-refractivity contribution in [2.75, 3.05) is 5.06 Å². The van der Waals surface area contributed by atoms with Gasteiger partial charge in [0.25, 0.3) is 0 Å². The number of rotatable bonds is 2. The van der Waals surface area contributed by atoms with Crippen molar-refractivity contribution in [3.63, 3.8) is 0 Å². The molecule has 0 spiro atoms. The standard InChI is InChI=1S/C13H17NO2/c15-13-10-6-2-5-9-12(13)14(16)11-7-3-1-4-8-11/h1,3-4,7-8,12,16H,2,5-6,9-10H2. The second-order valence-corrected chi connectivity index (χ2v) is 4.26. The summed E-state index contributed by atoms with van der Waals surface area (Å²) < 4.78 is 0. The summed E-state index contributed by atoms with van der Waals surface area (Å²) in [4.78, 5) is 11.8. The van der Waals surface area contributed by atoms with E-state index in [0.29, 0.717) is 12.1 Å². The van der Waals surface area contributed by atoms with Gasteiger partial charge in [0.1, 0.15) is 6.04 Å². The lowest BCUT2D eigenvalue weighted by Crippen LogP contribution is -2.38. The number of hydrogen-bond acceptors (Lipinski definition) is 3. The van der Waals surface area contributed by atoms with Crippen LogP contribution in [-0.4, -0.2) is 17.0 Å². The molecule has 1 aliphatic rings. The zero-order valence-electron chi connectivity index (χ0n) is 9.30. The fourth-order valence-corrected chi connectivity index (χ4v) is 2.16. The first-order valence-corrected chi connectivity index (χ1v) is 5.85. The maximum absolute atomic E-state index is 11.8. The van der Waals surface area contributed by atoms with Crippen molar-refractivity contribution in [3.8, 4) is 0 Å². The third kappa shape index (κ3) is 2.42. The monoisotopic (exact) mass is 219 g/mol. The molecule has 0 heterocycles. The summed E-state index contributed by atoms with van der Waals surface area (Å²) >= 11 is 0. The summed E-state index contributed by atoms with van der Waals surface area (Å²) in [5.41, 5.74) is 0.697. The minimum absolute atomic E-state index is 0.156. The van der Waals surface area contributed by atoms with E-state index in [-0.39, 0.29) is 11.8 Å². The lowest BCUT2D eigenvalue weighted by atomic mass is 10.1. The van der Waals surface area contributed by atoms with Crippen molar-refractivity contribution in [1.29, 1.82) is 0 Å². The topological polar surface area (TPSA) is 40.5 Å². The zero-order chi connectivity index (χ0) is 11.4. The molecule has 1 unspecified atom stereocenters. The Labute approximate surface area is 95.6 Å². The highest BCUT2D eigenvalue weighted by Crippen LogP contribution is 2.22. The minimum Gasteiger partial charge on any atom is -0.297 e. The molecule has 1 saturated carbocycles. The first-order valence-electron chi connectivity index (χ1n) is 5.85. The molecule has 0 bridgehead atoms. The Hall–Kier alpha value is -1.35. The average Bonchev–Trinajstić information content (AvgIpc) is 2.54. The highest BCUT2D eigenvalue weighted by atomic mass is 16.5. The third-order valence-electron chi connectivity index (χ3n) is 3.09. The number of nitrogens with zero attached hydrogens (tertiary/aromatic N) is 1. The second kappa shape index (κ2) is 5.12. The van der Waals surface area contributed by atoms with Crippen LogP contribution in [0.3, 0.4) is 0 Å². The van der Waals surface area contributed by atoms with E-state index in [9.17, 15) is 10.0 Å². The van der Waals surface area contributed by atoms with Crippen LogP contribution in [0.25, 0.3) is 0 Å². The van der Waals surface area contributed by atoms with E-state index in [2.05, 4.69) is 0 Å². The molecule has 86 valence electrons. The first kappa shape index (κ1) is 11.1. The molecule has 2 rings (SSSR count). The number of carbonyl (C=O) groups is 1. The van der Waals surface area contributed by atoms with Crippen molar-refractivity contribution < 1.29 is 10.0 Å². The summed E-state index contributed by atoms with van der Waals surface area (Å²) in [6.45, 7) is 0. The van der Waals surface area contributed by atoms with E-state index in [1.54, 1.807) is 0 Å². The van der Waals surface area contributed by atoms with E-state index < -0.39 is 0 Å². The van der Waals surface area contributed by atoms with Crippen LogP contribution in [0.5, 0.6) is 0 Å². The number of anilines is 1. The van der Waals surface area contributed by atoms with E-state index in [4.69, 9.17) is 0 Å². The van der Waals surface area contributed by atoms with Gasteiger partial charge in [0.15, 0.2) is 5.78 Å². The lowest BCUT2D eigenvalue weighted by molar-refractivity contribution is -0.121. The predicted octanol–water partition coefficient (Wildman–Crippen LogP) is 2.78. The molecule has 16 heavy (non-hydrogen) atoms. The van der Waals surface area contributed by atoms with Crippen LogP contribution in [0.4, 0.5) is 5.69 Å². The first-order chi connectivity index (χ1) is 7.79. The Morgan fingerprint density at radius 1 is 1.12 bits per heavy atom. The van der Waals surface area contributed by atoms with Crippen LogP contribution in [0, 0.1) is 0 Å². The molecular formula is C13H17NO2. The molecule has 1 aromatic rings. The van der Waals surface area contributed by atoms with Gasteiger partial charge in [0.2, 0.25) is 0 Å². The molecule has 1 fully saturated rings. The van der Waals surface area contributed by atoms with Crippen LogP contribution in [0.15, 0.2) is 30.3 Å². The molecule has 0 aliphatic heterocycles. The van der Waals surface area contributed by atoms with Crippen LogP contribution < -0.4 is 5.06 Å². The van der Waals surface area contributed by atoms with Crippen LogP contribution >= 0.6 is 0 Å². The van der Waals surface area contributed by atoms with Gasteiger partial charge in [0.05, 0.1) is 5.69 Å². The molecule has 0 saturated heterocycles. The molecule has 0 radical (unpaired) electrons. The fraction of sp³-hybridized carbons (Fsp3) is 0.462. The third-order valence-corrected chi connectivity index (χ3v) is 3.09. The highest BCUT2D eigenvalue weighted by molar-refractivity contribution is 5.86. The molecule has 1 aliphatic carbocycles. The predicted molar refractivity (Wildman–Crippen MR) is 62.6 cm³/mol. The molecule has 3 nitrogen and oxygen atoms in total. The maximum Gasteiger partial charge on any atom is 0.157 e. The van der Waals surface area contributed by atoms with Gasteiger partial charge in [-0.3, -0.25) is 10.0 Å². The normalized spacial score (nSPS) is 21.6. The summed E-state index contributed by atoms with van der Waals surface area (Å²) in [6.07, 6.45) is 4.40. The van der Waals surface area contributed by atoms with Gasteiger partial charge < -0.3 is 0 Å². The quantitative estimate of drug-likeness (QED) is 0.614. The molecule has 1 atom stereocenters. The molecule has 3 heteroatoms. The zero-order valence-corrected chi connectivity index (χ0v) is 9.30. The van der Waals surface area contributed by atoms with E-state index in [1.807, 2.05) is 30.3 Å². The fourth-order valence-electron chi connectivity index (χ4n) is 2.16. The molecule has 0 aromatic heterocycles. The number of hydroxylamine groups is 1. The Bertz CT molecular complexity index is 350. The maximum atomic E-state index is 11.8. The van der Waals surface area contributed by atoms with Crippen molar-refractivity contribution in [2.45, 2.75) is 38.1 Å². The van der Waals surface area contributed by atoms with Gasteiger partial charge in [-0.25, -0.2) is 5.06 Å². The largest absolute Gasteiger partial charge is 0.297 e. The van der Waals surface area contributed by atoms with E-state index >= 15 is 0 Å². The SMILES string of the molecule is O=C1CCCCCC1N(O)c1ccccc1. The molecule has 0 amide bonds. The van der Waals surface area contributed by atoms with Gasteiger partial charge in [0, 0.05) is 6.42 Å². The molecule has 1 aromatic carbocycles. The van der Waals surface area contributed by atoms with Crippen molar-refractivity contribution in [3.05, 3.63) is 30.3 Å². The van der Waals surface area contributed by atoms with E-state index in [1.165, 1.54) is 0 Å². The Morgan fingerprint density at radius 2 is 1.88 bits per heavy atom. The van der Waals surface area contributed by atoms with Crippen LogP contribution in [0.2, 0.25) is 0 Å². The van der Waals surface area contributed by atoms with Crippen molar-refractivity contribution in [1.82, 2.24) is 0 Å². The number of para-hydroxylation sites is 1. The van der Waals surface area contributed by atoms with Gasteiger partial charge in [-0.15, -0.1) is 0 Å². The number of hydrogen-bond donors (Lipinski definition) is 1. The number of ketones is 1. The smallest absolute Gasteiger partial charge is 0.157 e. The van der Waals surface area contributed by atoms with Crippen molar-refractivity contribution >= 4 is 11.5 Å². The summed E-state index contributed by atoms with van der Waals surface area (Å²) in [5, 5.41) is 11.2. The summed E-state index contributed by atoms with van der Waals surface area (Å²) in [6, 6.07) is 8.90. The Balaban J connectivity index is 2.13. The molecule has 1 N–H and O–H groups in total. The molecular weight excluding hydrogens is 202 g/mol. The lowest BCUT2D eigenvalue weighted by Gasteiger charge is -2.25. The van der Waals surface area contributed by atoms with E-state index in [0.717, 1.165) is 30.7 Å². The van der Waals surface area contributed by atoms with Gasteiger partial charge in [-0.2, -0.15) is 0 Å². The summed E-state index contributed by atoms with van der Waals surface area (Å²) in [5.74, 6) is 0.156. The van der Waals surface area contributed by atoms with Crippen LogP contribution in [-0.2, 0) is 4.79 Å². The Morgan fingerprint density at radius 3 is 2.62 bits per heavy atom. The minimum atomic E-state index is -0.357. The van der Waals surface area contributed by atoms with Gasteiger partial charge in [-0.1, -0.05) is 31.0 Å². The van der Waals surface area contributed by atoms with Gasteiger partial charge in [-0.05, 0) is 25.0 Å². The summed E-state index contributed by atoms with van der Waals surface area (Å²) in [7, 11) is 0. The second-order valence-electron chi connectivity index (χ2n) is 4.26. The number of benzene rings is 1. The highest BCUT2D eigenvalue weighted by Gasteiger charge is 2.26. The number of carbonyl (C=O) groups excluding carboxylic acids is 1. The van der Waals surface area contributed by atoms with Crippen LogP contribution in [0.1, 0.15) is 32.1 Å². The Kier molecular flexibility index (Phi) is 3.57.